The number of methoxy groups -OCH3 is 1. The molecule has 0 aliphatic rings. The maximum atomic E-state index is 8.98. The molecule has 16 heavy (non-hydrogen) atoms. The number of benzene rings is 1. The molecule has 0 radical (unpaired) electrons. The van der Waals surface area contributed by atoms with Gasteiger partial charge in [-0.05, 0) is 17.7 Å². The zero-order chi connectivity index (χ0) is 11.8. The molecule has 1 aromatic rings. The average molecular weight is 225 g/mol. The summed E-state index contributed by atoms with van der Waals surface area (Å²) in [5.41, 5.74) is 1.92. The van der Waals surface area contributed by atoms with E-state index >= 15 is 0 Å². The van der Waals surface area contributed by atoms with E-state index in [4.69, 9.17) is 14.9 Å². The first-order valence-corrected chi connectivity index (χ1v) is 5.36. The molecule has 4 nitrogen and oxygen atoms in total. The summed E-state index contributed by atoms with van der Waals surface area (Å²) in [5, 5.41) is 17.9. The Bertz CT molecular complexity index is 287. The summed E-state index contributed by atoms with van der Waals surface area (Å²) in [5.74, 6) is 0. The second-order valence-electron chi connectivity index (χ2n) is 3.53. The van der Waals surface area contributed by atoms with E-state index in [1.54, 1.807) is 7.11 Å². The van der Waals surface area contributed by atoms with Gasteiger partial charge in [0.15, 0.2) is 0 Å². The van der Waals surface area contributed by atoms with Crippen LogP contribution in [0.3, 0.4) is 0 Å². The van der Waals surface area contributed by atoms with Gasteiger partial charge in [0.25, 0.3) is 0 Å². The van der Waals surface area contributed by atoms with E-state index in [0.717, 1.165) is 17.8 Å². The van der Waals surface area contributed by atoms with Crippen LogP contribution in [0.25, 0.3) is 0 Å². The van der Waals surface area contributed by atoms with Crippen molar-refractivity contribution in [3.8, 4) is 0 Å². The van der Waals surface area contributed by atoms with Crippen molar-refractivity contribution in [3.63, 3.8) is 0 Å². The molecule has 4 heteroatoms. The Morgan fingerprint density at radius 2 is 1.81 bits per heavy atom. The number of nitrogens with zero attached hydrogens (tertiary/aromatic N) is 1. The number of hydrogen-bond acceptors (Lipinski definition) is 4. The normalized spacial score (nSPS) is 10.4. The first-order chi connectivity index (χ1) is 7.81. The quantitative estimate of drug-likeness (QED) is 0.714. The summed E-state index contributed by atoms with van der Waals surface area (Å²) < 4.78 is 5.02. The summed E-state index contributed by atoms with van der Waals surface area (Å²) >= 11 is 0. The summed E-state index contributed by atoms with van der Waals surface area (Å²) in [6.45, 7) is 2.13. The van der Waals surface area contributed by atoms with Gasteiger partial charge >= 0.3 is 0 Å². The highest BCUT2D eigenvalue weighted by atomic mass is 16.5. The smallest absolute Gasteiger partial charge is 0.0681 e. The van der Waals surface area contributed by atoms with Crippen molar-refractivity contribution in [2.24, 2.45) is 0 Å². The van der Waals surface area contributed by atoms with Gasteiger partial charge in [-0.15, -0.1) is 0 Å². The van der Waals surface area contributed by atoms with Crippen LogP contribution in [-0.2, 0) is 11.3 Å². The van der Waals surface area contributed by atoms with E-state index < -0.39 is 0 Å². The number of hydrogen-bond donors (Lipinski definition) is 2. The van der Waals surface area contributed by atoms with Crippen LogP contribution in [0, 0.1) is 0 Å². The van der Waals surface area contributed by atoms with E-state index in [2.05, 4.69) is 0 Å². The topological polar surface area (TPSA) is 52.9 Å². The molecule has 0 saturated heterocycles. The molecule has 1 rings (SSSR count). The third-order valence-electron chi connectivity index (χ3n) is 2.42. The van der Waals surface area contributed by atoms with Crippen LogP contribution in [0.15, 0.2) is 24.3 Å². The molecule has 0 spiro atoms. The lowest BCUT2D eigenvalue weighted by molar-refractivity contribution is 0.203. The van der Waals surface area contributed by atoms with Crippen LogP contribution in [0.5, 0.6) is 0 Å². The monoisotopic (exact) mass is 225 g/mol. The Labute approximate surface area is 96.1 Å². The second kappa shape index (κ2) is 7.22. The third kappa shape index (κ3) is 3.81. The lowest BCUT2D eigenvalue weighted by Gasteiger charge is -2.23. The first-order valence-electron chi connectivity index (χ1n) is 5.36. The standard InChI is InChI=1S/C12H19NO3/c1-16-9-7-13(6-8-14)12-4-2-11(10-15)3-5-12/h2-5,14-15H,6-10H2,1H3. The largest absolute Gasteiger partial charge is 0.395 e. The zero-order valence-corrected chi connectivity index (χ0v) is 9.59. The Balaban J connectivity index is 2.67. The molecule has 0 heterocycles. The van der Waals surface area contributed by atoms with Crippen molar-refractivity contribution in [3.05, 3.63) is 29.8 Å². The maximum absolute atomic E-state index is 8.98. The number of rotatable bonds is 7. The Hall–Kier alpha value is -1.10. The number of aliphatic hydroxyl groups is 2. The number of aliphatic hydroxyl groups excluding tert-OH is 2. The lowest BCUT2D eigenvalue weighted by atomic mass is 10.2. The van der Waals surface area contributed by atoms with Crippen LogP contribution in [0.4, 0.5) is 5.69 Å². The second-order valence-corrected chi connectivity index (χ2v) is 3.53. The molecule has 1 aromatic carbocycles. The van der Waals surface area contributed by atoms with Gasteiger partial charge in [-0.2, -0.15) is 0 Å². The summed E-state index contributed by atoms with van der Waals surface area (Å²) in [6, 6.07) is 7.65. The molecule has 0 atom stereocenters. The summed E-state index contributed by atoms with van der Waals surface area (Å²) in [6.07, 6.45) is 0. The minimum absolute atomic E-state index is 0.0539. The minimum atomic E-state index is 0.0539. The van der Waals surface area contributed by atoms with Crippen molar-refractivity contribution in [2.75, 3.05) is 38.3 Å². The molecule has 0 saturated carbocycles. The first kappa shape index (κ1) is 13.0. The highest BCUT2D eigenvalue weighted by Crippen LogP contribution is 2.14. The predicted molar refractivity (Wildman–Crippen MR) is 63.5 cm³/mol. The summed E-state index contributed by atoms with van der Waals surface area (Å²) in [4.78, 5) is 2.05. The number of anilines is 1. The lowest BCUT2D eigenvalue weighted by Crippen LogP contribution is -2.30. The van der Waals surface area contributed by atoms with Crippen LogP contribution >= 0.6 is 0 Å². The van der Waals surface area contributed by atoms with E-state index in [-0.39, 0.29) is 13.2 Å². The SMILES string of the molecule is COCCN(CCO)c1ccc(CO)cc1. The van der Waals surface area contributed by atoms with Crippen LogP contribution in [0.1, 0.15) is 5.56 Å². The Kier molecular flexibility index (Phi) is 5.85. The van der Waals surface area contributed by atoms with Gasteiger partial charge < -0.3 is 19.8 Å². The molecular weight excluding hydrogens is 206 g/mol. The molecular formula is C12H19NO3. The van der Waals surface area contributed by atoms with Crippen LogP contribution in [-0.4, -0.2) is 43.6 Å². The average Bonchev–Trinajstić information content (AvgIpc) is 2.35. The van der Waals surface area contributed by atoms with Crippen LogP contribution < -0.4 is 4.90 Å². The van der Waals surface area contributed by atoms with Gasteiger partial charge in [0.2, 0.25) is 0 Å². The molecule has 0 fully saturated rings. The Morgan fingerprint density at radius 3 is 2.31 bits per heavy atom. The van der Waals surface area contributed by atoms with E-state index in [9.17, 15) is 0 Å². The van der Waals surface area contributed by atoms with Crippen LogP contribution in [0.2, 0.25) is 0 Å². The van der Waals surface area contributed by atoms with Gasteiger partial charge in [-0.3, -0.25) is 0 Å². The highest BCUT2D eigenvalue weighted by Gasteiger charge is 2.05. The fourth-order valence-electron chi connectivity index (χ4n) is 1.50. The van der Waals surface area contributed by atoms with Crippen molar-refractivity contribution in [2.45, 2.75) is 6.61 Å². The van der Waals surface area contributed by atoms with Gasteiger partial charge in [0, 0.05) is 25.9 Å². The molecule has 0 amide bonds. The molecule has 90 valence electrons. The maximum Gasteiger partial charge on any atom is 0.0681 e. The van der Waals surface area contributed by atoms with E-state index in [0.29, 0.717) is 13.2 Å². The molecule has 0 aliphatic heterocycles. The van der Waals surface area contributed by atoms with Crippen molar-refractivity contribution in [1.82, 2.24) is 0 Å². The third-order valence-corrected chi connectivity index (χ3v) is 2.42. The van der Waals surface area contributed by atoms with Gasteiger partial charge in [0.05, 0.1) is 19.8 Å². The van der Waals surface area contributed by atoms with Crippen molar-refractivity contribution in [1.29, 1.82) is 0 Å². The fraction of sp³-hybridized carbons (Fsp3) is 0.500. The van der Waals surface area contributed by atoms with E-state index in [1.807, 2.05) is 29.2 Å². The fourth-order valence-corrected chi connectivity index (χ4v) is 1.50. The predicted octanol–water partition coefficient (Wildman–Crippen LogP) is 0.624. The molecule has 0 bridgehead atoms. The minimum Gasteiger partial charge on any atom is -0.395 e. The van der Waals surface area contributed by atoms with Gasteiger partial charge in [-0.25, -0.2) is 0 Å². The Morgan fingerprint density at radius 1 is 1.12 bits per heavy atom. The molecule has 2 N–H and O–H groups in total. The molecule has 0 aliphatic carbocycles. The van der Waals surface area contributed by atoms with Crippen molar-refractivity contribution < 1.29 is 14.9 Å². The number of ether oxygens (including phenoxy) is 1. The highest BCUT2D eigenvalue weighted by molar-refractivity contribution is 5.47. The zero-order valence-electron chi connectivity index (χ0n) is 9.59. The molecule has 0 aromatic heterocycles. The van der Waals surface area contributed by atoms with Crippen molar-refractivity contribution >= 4 is 5.69 Å². The molecule has 0 unspecified atom stereocenters. The van der Waals surface area contributed by atoms with Gasteiger partial charge in [-0.1, -0.05) is 12.1 Å². The summed E-state index contributed by atoms with van der Waals surface area (Å²) in [7, 11) is 1.66. The van der Waals surface area contributed by atoms with E-state index in [1.165, 1.54) is 0 Å². The van der Waals surface area contributed by atoms with Gasteiger partial charge in [0.1, 0.15) is 0 Å².